The Kier molecular flexibility index (Phi) is 7.39. The Morgan fingerprint density at radius 3 is 2.42 bits per heavy atom. The second-order valence-corrected chi connectivity index (χ2v) is 10.1. The van der Waals surface area contributed by atoms with Crippen molar-refractivity contribution in [3.05, 3.63) is 12.2 Å². The Balaban J connectivity index is 2.59. The summed E-state index contributed by atoms with van der Waals surface area (Å²) >= 11 is 1.79. The summed E-state index contributed by atoms with van der Waals surface area (Å²) in [4.78, 5) is 25.7. The van der Waals surface area contributed by atoms with Gasteiger partial charge in [-0.05, 0) is 25.2 Å². The van der Waals surface area contributed by atoms with Crippen LogP contribution in [0.15, 0.2) is 12.2 Å². The third kappa shape index (κ3) is 6.50. The molecule has 1 atom stereocenters. The number of esters is 1. The van der Waals surface area contributed by atoms with Crippen molar-refractivity contribution in [3.8, 4) is 0 Å². The molecule has 1 saturated heterocycles. The number of nitrogens with zero attached hydrogens (tertiary/aromatic N) is 1. The number of hydrogen-bond donors (Lipinski definition) is 0. The molecule has 0 aliphatic carbocycles. The van der Waals surface area contributed by atoms with Crippen molar-refractivity contribution >= 4 is 23.6 Å². The monoisotopic (exact) mass is 355 g/mol. The molecule has 0 radical (unpaired) electrons. The first-order chi connectivity index (χ1) is 10.9. The van der Waals surface area contributed by atoms with Crippen LogP contribution in [-0.2, 0) is 14.3 Å². The maximum atomic E-state index is 12.2. The average molecular weight is 356 g/mol. The summed E-state index contributed by atoms with van der Waals surface area (Å²) < 4.78 is 5.17. The zero-order valence-electron chi connectivity index (χ0n) is 16.1. The van der Waals surface area contributed by atoms with Crippen molar-refractivity contribution in [1.29, 1.82) is 0 Å². The van der Waals surface area contributed by atoms with Crippen LogP contribution in [0, 0.1) is 5.41 Å². The largest absolute Gasteiger partial charge is 0.461 e. The summed E-state index contributed by atoms with van der Waals surface area (Å²) in [6.45, 7) is 17.5. The maximum Gasteiger partial charge on any atom is 0.333 e. The lowest BCUT2D eigenvalue weighted by Crippen LogP contribution is -2.47. The molecule has 138 valence electrons. The number of hydrogen-bond acceptors (Lipinski definition) is 4. The van der Waals surface area contributed by atoms with E-state index in [1.54, 1.807) is 18.7 Å². The second kappa shape index (κ2) is 8.41. The Morgan fingerprint density at radius 2 is 1.96 bits per heavy atom. The molecular formula is C19H33NO3S. The first kappa shape index (κ1) is 21.1. The van der Waals surface area contributed by atoms with Crippen molar-refractivity contribution < 1.29 is 14.3 Å². The number of likely N-dealkylation sites (tertiary alicyclic amines) is 1. The van der Waals surface area contributed by atoms with Crippen LogP contribution < -0.4 is 0 Å². The molecule has 1 aliphatic rings. The fourth-order valence-corrected chi connectivity index (χ4v) is 3.98. The molecule has 0 saturated carbocycles. The highest BCUT2D eigenvalue weighted by molar-refractivity contribution is 8.00. The smallest absolute Gasteiger partial charge is 0.333 e. The average Bonchev–Trinajstić information content (AvgIpc) is 2.85. The summed E-state index contributed by atoms with van der Waals surface area (Å²) in [5.74, 6) is 0.700. The van der Waals surface area contributed by atoms with Gasteiger partial charge in [-0.1, -0.05) is 41.2 Å². The Hall–Kier alpha value is -0.970. The van der Waals surface area contributed by atoms with Crippen LogP contribution in [0.25, 0.3) is 0 Å². The Labute approximate surface area is 151 Å². The van der Waals surface area contributed by atoms with Gasteiger partial charge in [0.1, 0.15) is 6.61 Å². The molecule has 1 amide bonds. The minimum Gasteiger partial charge on any atom is -0.461 e. The highest BCUT2D eigenvalue weighted by atomic mass is 32.2. The molecule has 1 rings (SSSR count). The van der Waals surface area contributed by atoms with E-state index in [-0.39, 0.29) is 28.1 Å². The fraction of sp³-hybridized carbons (Fsp3) is 0.789. The van der Waals surface area contributed by atoms with Gasteiger partial charge < -0.3 is 9.64 Å². The van der Waals surface area contributed by atoms with Crippen molar-refractivity contribution in [2.24, 2.45) is 5.41 Å². The van der Waals surface area contributed by atoms with Gasteiger partial charge in [0.15, 0.2) is 0 Å². The molecule has 24 heavy (non-hydrogen) atoms. The first-order valence-corrected chi connectivity index (χ1v) is 9.69. The topological polar surface area (TPSA) is 46.6 Å². The number of rotatable bonds is 8. The predicted molar refractivity (Wildman–Crippen MR) is 101 cm³/mol. The fourth-order valence-electron chi connectivity index (χ4n) is 2.98. The third-order valence-electron chi connectivity index (χ3n) is 4.33. The van der Waals surface area contributed by atoms with E-state index in [0.29, 0.717) is 18.6 Å². The SMILES string of the molecule is C=C(C)C(=O)OCCSC(C)(C)CC(N1CCCC1=O)C(C)(C)C. The summed E-state index contributed by atoms with van der Waals surface area (Å²) in [5.41, 5.74) is 0.476. The van der Waals surface area contributed by atoms with E-state index in [0.717, 1.165) is 25.1 Å². The zero-order valence-corrected chi connectivity index (χ0v) is 16.9. The van der Waals surface area contributed by atoms with Gasteiger partial charge in [0.25, 0.3) is 0 Å². The summed E-state index contributed by atoms with van der Waals surface area (Å²) in [6, 6.07) is 0.230. The quantitative estimate of drug-likeness (QED) is 0.374. The molecule has 0 spiro atoms. The first-order valence-electron chi connectivity index (χ1n) is 8.70. The minimum atomic E-state index is -0.330. The van der Waals surface area contributed by atoms with Gasteiger partial charge in [0, 0.05) is 35.1 Å². The summed E-state index contributed by atoms with van der Waals surface area (Å²) in [6.07, 6.45) is 2.58. The van der Waals surface area contributed by atoms with Gasteiger partial charge in [0.05, 0.1) is 0 Å². The molecule has 0 N–H and O–H groups in total. The van der Waals surface area contributed by atoms with Gasteiger partial charge >= 0.3 is 5.97 Å². The summed E-state index contributed by atoms with van der Waals surface area (Å²) in [7, 11) is 0. The standard InChI is InChI=1S/C19H33NO3S/c1-14(2)17(22)23-11-12-24-19(6,7)13-15(18(3,4)5)20-10-8-9-16(20)21/h15H,1,8-13H2,2-7H3. The van der Waals surface area contributed by atoms with E-state index in [9.17, 15) is 9.59 Å². The maximum absolute atomic E-state index is 12.2. The minimum absolute atomic E-state index is 0.0104. The van der Waals surface area contributed by atoms with Crippen LogP contribution in [0.2, 0.25) is 0 Å². The van der Waals surface area contributed by atoms with Gasteiger partial charge in [-0.2, -0.15) is 11.8 Å². The zero-order chi connectivity index (χ0) is 18.5. The lowest BCUT2D eigenvalue weighted by Gasteiger charge is -2.42. The van der Waals surface area contributed by atoms with Gasteiger partial charge in [-0.3, -0.25) is 4.79 Å². The molecule has 0 bridgehead atoms. The molecule has 0 aromatic carbocycles. The van der Waals surface area contributed by atoms with Crippen LogP contribution in [-0.4, -0.2) is 46.5 Å². The molecule has 1 unspecified atom stereocenters. The predicted octanol–water partition coefficient (Wildman–Crippen LogP) is 4.04. The van der Waals surface area contributed by atoms with Gasteiger partial charge in [0.2, 0.25) is 5.91 Å². The van der Waals surface area contributed by atoms with Crippen LogP contribution in [0.1, 0.15) is 60.8 Å². The van der Waals surface area contributed by atoms with E-state index in [1.165, 1.54) is 0 Å². The van der Waals surface area contributed by atoms with E-state index in [4.69, 9.17) is 4.74 Å². The normalized spacial score (nSPS) is 17.1. The van der Waals surface area contributed by atoms with Crippen LogP contribution in [0.3, 0.4) is 0 Å². The van der Waals surface area contributed by atoms with Crippen molar-refractivity contribution in [3.63, 3.8) is 0 Å². The molecular weight excluding hydrogens is 322 g/mol. The second-order valence-electron chi connectivity index (χ2n) is 8.30. The lowest BCUT2D eigenvalue weighted by atomic mass is 9.80. The van der Waals surface area contributed by atoms with E-state index < -0.39 is 0 Å². The van der Waals surface area contributed by atoms with E-state index in [1.807, 2.05) is 0 Å². The lowest BCUT2D eigenvalue weighted by molar-refractivity contribution is -0.138. The molecule has 1 aliphatic heterocycles. The number of amides is 1. The van der Waals surface area contributed by atoms with Crippen molar-refractivity contribution in [2.45, 2.75) is 71.6 Å². The van der Waals surface area contributed by atoms with E-state index >= 15 is 0 Å². The molecule has 0 aromatic rings. The highest BCUT2D eigenvalue weighted by Gasteiger charge is 2.39. The molecule has 4 nitrogen and oxygen atoms in total. The van der Waals surface area contributed by atoms with E-state index in [2.05, 4.69) is 46.1 Å². The molecule has 5 heteroatoms. The van der Waals surface area contributed by atoms with Crippen molar-refractivity contribution in [2.75, 3.05) is 18.9 Å². The highest BCUT2D eigenvalue weighted by Crippen LogP contribution is 2.38. The van der Waals surface area contributed by atoms with Crippen molar-refractivity contribution in [1.82, 2.24) is 4.90 Å². The van der Waals surface area contributed by atoms with Crippen LogP contribution in [0.5, 0.6) is 0 Å². The number of carbonyl (C=O) groups excluding carboxylic acids is 2. The molecule has 1 heterocycles. The third-order valence-corrected chi connectivity index (χ3v) is 5.65. The van der Waals surface area contributed by atoms with Gasteiger partial charge in [-0.15, -0.1) is 0 Å². The van der Waals surface area contributed by atoms with Gasteiger partial charge in [-0.25, -0.2) is 4.79 Å². The van der Waals surface area contributed by atoms with Crippen LogP contribution in [0.4, 0.5) is 0 Å². The summed E-state index contributed by atoms with van der Waals surface area (Å²) in [5, 5.41) is 0. The van der Waals surface area contributed by atoms with Crippen LogP contribution >= 0.6 is 11.8 Å². The number of carbonyl (C=O) groups is 2. The Morgan fingerprint density at radius 1 is 1.33 bits per heavy atom. The Bertz CT molecular complexity index is 479. The molecule has 1 fully saturated rings. The number of thioether (sulfide) groups is 1. The number of ether oxygens (including phenoxy) is 1. The molecule has 0 aromatic heterocycles.